The van der Waals surface area contributed by atoms with Crippen LogP contribution in [0.3, 0.4) is 0 Å². The molecule has 0 heterocycles. The van der Waals surface area contributed by atoms with Gasteiger partial charge >= 0.3 is 0 Å². The first kappa shape index (κ1) is 11.3. The van der Waals surface area contributed by atoms with Gasteiger partial charge in [-0.3, -0.25) is 0 Å². The van der Waals surface area contributed by atoms with E-state index in [1.165, 1.54) is 6.07 Å². The summed E-state index contributed by atoms with van der Waals surface area (Å²) in [6.07, 6.45) is 1.90. The first-order valence-corrected chi connectivity index (χ1v) is 5.33. The normalized spacial score (nSPS) is 17.2. The minimum absolute atomic E-state index is 0.104. The number of aliphatic hydroxyl groups excluding tert-OH is 1. The number of hydrogen-bond donors (Lipinski definition) is 1. The van der Waals surface area contributed by atoms with E-state index >= 15 is 0 Å². The van der Waals surface area contributed by atoms with Crippen LogP contribution in [0.5, 0.6) is 0 Å². The van der Waals surface area contributed by atoms with Crippen LogP contribution in [0.4, 0.5) is 14.5 Å². The molecule has 2 nitrogen and oxygen atoms in total. The van der Waals surface area contributed by atoms with Crippen molar-refractivity contribution in [3.8, 4) is 0 Å². The van der Waals surface area contributed by atoms with Crippen LogP contribution < -0.4 is 4.90 Å². The lowest BCUT2D eigenvalue weighted by molar-refractivity contribution is 0.215. The highest BCUT2D eigenvalue weighted by atomic mass is 19.1. The summed E-state index contributed by atoms with van der Waals surface area (Å²) in [5.41, 5.74) is 0.146. The van der Waals surface area contributed by atoms with E-state index < -0.39 is 11.6 Å². The Labute approximate surface area is 93.5 Å². The molecule has 0 spiro atoms. The summed E-state index contributed by atoms with van der Waals surface area (Å²) in [6, 6.07) is 3.41. The molecule has 1 aromatic carbocycles. The molecule has 4 heteroatoms. The monoisotopic (exact) mass is 227 g/mol. The number of anilines is 1. The van der Waals surface area contributed by atoms with Crippen molar-refractivity contribution in [3.05, 3.63) is 29.8 Å². The zero-order valence-corrected chi connectivity index (χ0v) is 9.21. The molecule has 0 radical (unpaired) electrons. The molecule has 0 aromatic heterocycles. The molecule has 88 valence electrons. The van der Waals surface area contributed by atoms with E-state index in [2.05, 4.69) is 0 Å². The van der Waals surface area contributed by atoms with Crippen molar-refractivity contribution in [2.24, 2.45) is 5.41 Å². The van der Waals surface area contributed by atoms with Gasteiger partial charge in [0.15, 0.2) is 0 Å². The van der Waals surface area contributed by atoms with Gasteiger partial charge in [-0.15, -0.1) is 0 Å². The molecular weight excluding hydrogens is 212 g/mol. The van der Waals surface area contributed by atoms with Crippen LogP contribution in [-0.2, 0) is 0 Å². The number of nitrogens with zero attached hydrogens (tertiary/aromatic N) is 1. The van der Waals surface area contributed by atoms with Gasteiger partial charge in [0.05, 0.1) is 12.3 Å². The minimum atomic E-state index is -0.447. The molecule has 1 N–H and O–H groups in total. The molecule has 0 aliphatic heterocycles. The Morgan fingerprint density at radius 3 is 2.62 bits per heavy atom. The highest BCUT2D eigenvalue weighted by Crippen LogP contribution is 2.46. The highest BCUT2D eigenvalue weighted by molar-refractivity contribution is 5.47. The van der Waals surface area contributed by atoms with E-state index in [-0.39, 0.29) is 17.7 Å². The third-order valence-electron chi connectivity index (χ3n) is 3.18. The molecule has 1 fully saturated rings. The summed E-state index contributed by atoms with van der Waals surface area (Å²) in [4.78, 5) is 1.67. The molecule has 1 saturated carbocycles. The van der Waals surface area contributed by atoms with Crippen LogP contribution in [0.2, 0.25) is 0 Å². The van der Waals surface area contributed by atoms with Gasteiger partial charge in [0.25, 0.3) is 0 Å². The lowest BCUT2D eigenvalue weighted by Gasteiger charge is -2.24. The number of benzene rings is 1. The van der Waals surface area contributed by atoms with Crippen LogP contribution in [0, 0.1) is 17.0 Å². The van der Waals surface area contributed by atoms with E-state index in [1.54, 1.807) is 11.9 Å². The van der Waals surface area contributed by atoms with Gasteiger partial charge in [-0.05, 0) is 25.0 Å². The molecule has 1 aliphatic carbocycles. The minimum Gasteiger partial charge on any atom is -0.396 e. The number of halogens is 2. The van der Waals surface area contributed by atoms with Gasteiger partial charge in [-0.2, -0.15) is 0 Å². The van der Waals surface area contributed by atoms with Crippen molar-refractivity contribution in [3.63, 3.8) is 0 Å². The second-order valence-electron chi connectivity index (χ2n) is 4.61. The van der Waals surface area contributed by atoms with Gasteiger partial charge in [0.1, 0.15) is 11.6 Å². The molecular formula is C12H15F2NO. The molecule has 1 aliphatic rings. The van der Waals surface area contributed by atoms with Crippen LogP contribution in [-0.4, -0.2) is 25.3 Å². The summed E-state index contributed by atoms with van der Waals surface area (Å²) in [5.74, 6) is -0.880. The molecule has 0 atom stereocenters. The van der Waals surface area contributed by atoms with Crippen LogP contribution in [0.15, 0.2) is 18.2 Å². The third-order valence-corrected chi connectivity index (χ3v) is 3.18. The van der Waals surface area contributed by atoms with Crippen molar-refractivity contribution in [2.75, 3.05) is 25.1 Å². The SMILES string of the molecule is CN(CC1(CO)CC1)c1cc(F)ccc1F. The first-order valence-electron chi connectivity index (χ1n) is 5.33. The largest absolute Gasteiger partial charge is 0.396 e. The summed E-state index contributed by atoms with van der Waals surface area (Å²) in [5, 5.41) is 9.18. The molecule has 0 unspecified atom stereocenters. The van der Waals surface area contributed by atoms with E-state index in [0.29, 0.717) is 6.54 Å². The van der Waals surface area contributed by atoms with E-state index in [9.17, 15) is 13.9 Å². The zero-order chi connectivity index (χ0) is 11.8. The maximum atomic E-state index is 13.4. The number of hydrogen-bond acceptors (Lipinski definition) is 2. The maximum absolute atomic E-state index is 13.4. The lowest BCUT2D eigenvalue weighted by Crippen LogP contribution is -2.29. The van der Waals surface area contributed by atoms with E-state index in [1.807, 2.05) is 0 Å². The summed E-state index contributed by atoms with van der Waals surface area (Å²) < 4.78 is 26.4. The second kappa shape index (κ2) is 4.01. The summed E-state index contributed by atoms with van der Waals surface area (Å²) in [7, 11) is 1.72. The van der Waals surface area contributed by atoms with E-state index in [4.69, 9.17) is 0 Å². The fourth-order valence-electron chi connectivity index (χ4n) is 1.91. The molecule has 0 bridgehead atoms. The summed E-state index contributed by atoms with van der Waals surface area (Å²) in [6.45, 7) is 0.665. The van der Waals surface area contributed by atoms with Gasteiger partial charge in [0, 0.05) is 25.1 Å². The Kier molecular flexibility index (Phi) is 2.84. The Hall–Kier alpha value is -1.16. The van der Waals surface area contributed by atoms with Gasteiger partial charge in [0.2, 0.25) is 0 Å². The quantitative estimate of drug-likeness (QED) is 0.852. The van der Waals surface area contributed by atoms with E-state index in [0.717, 1.165) is 25.0 Å². The fraction of sp³-hybridized carbons (Fsp3) is 0.500. The average Bonchev–Trinajstić information content (AvgIpc) is 3.02. The number of aliphatic hydroxyl groups is 1. The second-order valence-corrected chi connectivity index (χ2v) is 4.61. The van der Waals surface area contributed by atoms with Crippen LogP contribution >= 0.6 is 0 Å². The molecule has 1 aromatic rings. The smallest absolute Gasteiger partial charge is 0.146 e. The Balaban J connectivity index is 2.14. The average molecular weight is 227 g/mol. The van der Waals surface area contributed by atoms with Gasteiger partial charge in [-0.1, -0.05) is 0 Å². The lowest BCUT2D eigenvalue weighted by atomic mass is 10.1. The van der Waals surface area contributed by atoms with Crippen LogP contribution in [0.1, 0.15) is 12.8 Å². The molecule has 0 amide bonds. The zero-order valence-electron chi connectivity index (χ0n) is 9.21. The van der Waals surface area contributed by atoms with Crippen molar-refractivity contribution >= 4 is 5.69 Å². The number of rotatable bonds is 4. The molecule has 16 heavy (non-hydrogen) atoms. The predicted molar refractivity (Wildman–Crippen MR) is 58.4 cm³/mol. The van der Waals surface area contributed by atoms with Crippen LogP contribution in [0.25, 0.3) is 0 Å². The fourth-order valence-corrected chi connectivity index (χ4v) is 1.91. The maximum Gasteiger partial charge on any atom is 0.146 e. The van der Waals surface area contributed by atoms with Gasteiger partial charge < -0.3 is 10.0 Å². The Morgan fingerprint density at radius 1 is 1.38 bits per heavy atom. The summed E-state index contributed by atoms with van der Waals surface area (Å²) >= 11 is 0. The Bertz CT molecular complexity index is 391. The predicted octanol–water partition coefficient (Wildman–Crippen LogP) is 2.17. The highest BCUT2D eigenvalue weighted by Gasteiger charge is 2.43. The van der Waals surface area contributed by atoms with Crippen molar-refractivity contribution in [1.82, 2.24) is 0 Å². The van der Waals surface area contributed by atoms with Crippen molar-refractivity contribution in [2.45, 2.75) is 12.8 Å². The first-order chi connectivity index (χ1) is 7.56. The standard InChI is InChI=1S/C12H15F2NO/c1-15(7-12(8-16)4-5-12)11-6-9(13)2-3-10(11)14/h2-3,6,16H,4-5,7-8H2,1H3. The molecule has 0 saturated heterocycles. The Morgan fingerprint density at radius 2 is 2.06 bits per heavy atom. The molecule has 2 rings (SSSR count). The third kappa shape index (κ3) is 2.16. The van der Waals surface area contributed by atoms with Crippen molar-refractivity contribution in [1.29, 1.82) is 0 Å². The topological polar surface area (TPSA) is 23.5 Å². The van der Waals surface area contributed by atoms with Gasteiger partial charge in [-0.25, -0.2) is 8.78 Å². The van der Waals surface area contributed by atoms with Crippen molar-refractivity contribution < 1.29 is 13.9 Å².